The molecule has 0 aliphatic carbocycles. The van der Waals surface area contributed by atoms with Gasteiger partial charge < -0.3 is 45.1 Å². The Morgan fingerprint density at radius 1 is 0.449 bits per heavy atom. The second-order valence-electron chi connectivity index (χ2n) is 24.6. The predicted molar refractivity (Wildman–Crippen MR) is 374 cm³/mol. The number of hydrogen-bond donors (Lipinski definition) is 6. The van der Waals surface area contributed by atoms with Crippen molar-refractivity contribution in [1.29, 1.82) is 0 Å². The molecule has 89 heavy (non-hydrogen) atoms. The number of unbranched alkanes of at least 4 members (excludes halogenated alkanes) is 29. The van der Waals surface area contributed by atoms with Gasteiger partial charge in [0.25, 0.3) is 0 Å². The molecule has 1 heterocycles. The SMILES string of the molecule is CC/C=C\C/C=C\C/C=C\C/C=C\C/C=C\CCCCCCCCCCCCCC(=O)OC1C(OCC(NC(=O)C(O)CCCCCCCC/C=C\C/C=C\C/C=C\C/C=C\CCCCC)C(O)/C=C/CCCCCCCCCCC)OC(CO)C(O)C1O. The van der Waals surface area contributed by atoms with E-state index in [2.05, 4.69) is 135 Å². The van der Waals surface area contributed by atoms with Crippen LogP contribution in [-0.4, -0.2) is 99.6 Å². The summed E-state index contributed by atoms with van der Waals surface area (Å²) >= 11 is 0. The van der Waals surface area contributed by atoms with E-state index < -0.39 is 67.4 Å². The fourth-order valence-electron chi connectivity index (χ4n) is 10.7. The third kappa shape index (κ3) is 51.3. The monoisotopic (exact) mass is 1240 g/mol. The van der Waals surface area contributed by atoms with E-state index in [1.54, 1.807) is 6.08 Å². The van der Waals surface area contributed by atoms with Crippen LogP contribution in [0.15, 0.2) is 122 Å². The summed E-state index contributed by atoms with van der Waals surface area (Å²) in [6.45, 7) is 5.65. The first-order chi connectivity index (χ1) is 43.7. The first-order valence-electron chi connectivity index (χ1n) is 36.3. The third-order valence-electron chi connectivity index (χ3n) is 16.3. The lowest BCUT2D eigenvalue weighted by atomic mass is 9.99. The van der Waals surface area contributed by atoms with E-state index in [0.717, 1.165) is 148 Å². The molecule has 0 saturated carbocycles. The Hall–Kier alpha value is -3.94. The van der Waals surface area contributed by atoms with Crippen LogP contribution in [0.2, 0.25) is 0 Å². The van der Waals surface area contributed by atoms with Crippen molar-refractivity contribution < 1.29 is 49.3 Å². The zero-order chi connectivity index (χ0) is 64.6. The van der Waals surface area contributed by atoms with Crippen LogP contribution in [-0.2, 0) is 23.8 Å². The molecule has 1 aliphatic heterocycles. The summed E-state index contributed by atoms with van der Waals surface area (Å²) in [4.78, 5) is 26.7. The number of nitrogens with one attached hydrogen (secondary N) is 1. The van der Waals surface area contributed by atoms with Gasteiger partial charge in [0.2, 0.25) is 5.91 Å². The van der Waals surface area contributed by atoms with Crippen molar-refractivity contribution in [3.63, 3.8) is 0 Å². The number of esters is 1. The topological polar surface area (TPSA) is 175 Å². The second kappa shape index (κ2) is 64.2. The Morgan fingerprint density at radius 3 is 1.24 bits per heavy atom. The minimum atomic E-state index is -1.63. The number of carbonyl (C=O) groups excluding carboxylic acids is 2. The second-order valence-corrected chi connectivity index (χ2v) is 24.6. The molecule has 0 spiro atoms. The fraction of sp³-hybridized carbons (Fsp3) is 0.718. The van der Waals surface area contributed by atoms with Gasteiger partial charge in [0, 0.05) is 6.42 Å². The molecular weight excluding hydrogens is 1110 g/mol. The Labute approximate surface area is 544 Å². The Bertz CT molecular complexity index is 1920. The van der Waals surface area contributed by atoms with Crippen LogP contribution in [0.5, 0.6) is 0 Å². The minimum absolute atomic E-state index is 0.112. The molecule has 0 aromatic carbocycles. The molecule has 8 atom stereocenters. The van der Waals surface area contributed by atoms with Crippen LogP contribution in [0.25, 0.3) is 0 Å². The van der Waals surface area contributed by atoms with Crippen LogP contribution < -0.4 is 5.32 Å². The van der Waals surface area contributed by atoms with E-state index in [4.69, 9.17) is 14.2 Å². The number of aliphatic hydroxyl groups is 5. The van der Waals surface area contributed by atoms with Gasteiger partial charge >= 0.3 is 5.97 Å². The summed E-state index contributed by atoms with van der Waals surface area (Å²) in [5.41, 5.74) is 0. The Kier molecular flexibility index (Phi) is 59.9. The average molecular weight is 1240 g/mol. The number of amides is 1. The van der Waals surface area contributed by atoms with E-state index in [-0.39, 0.29) is 19.4 Å². The van der Waals surface area contributed by atoms with Crippen molar-refractivity contribution in [1.82, 2.24) is 5.32 Å². The summed E-state index contributed by atoms with van der Waals surface area (Å²) < 4.78 is 17.7. The molecule has 11 nitrogen and oxygen atoms in total. The van der Waals surface area contributed by atoms with Gasteiger partial charge in [-0.05, 0) is 116 Å². The fourth-order valence-corrected chi connectivity index (χ4v) is 10.7. The van der Waals surface area contributed by atoms with Gasteiger partial charge in [-0.1, -0.05) is 296 Å². The molecular formula is C78H133NO10. The molecule has 1 saturated heterocycles. The van der Waals surface area contributed by atoms with E-state index in [9.17, 15) is 35.1 Å². The lowest BCUT2D eigenvalue weighted by Gasteiger charge is -2.41. The number of aliphatic hydroxyl groups excluding tert-OH is 5. The molecule has 1 aliphatic rings. The molecule has 0 radical (unpaired) electrons. The van der Waals surface area contributed by atoms with Crippen molar-refractivity contribution in [2.75, 3.05) is 13.2 Å². The summed E-state index contributed by atoms with van der Waals surface area (Å²) in [5.74, 6) is -1.21. The maximum atomic E-state index is 13.5. The first kappa shape index (κ1) is 83.1. The average Bonchev–Trinajstić information content (AvgIpc) is 1.43. The maximum Gasteiger partial charge on any atom is 0.306 e. The molecule has 6 N–H and O–H groups in total. The van der Waals surface area contributed by atoms with Crippen LogP contribution in [0.4, 0.5) is 0 Å². The van der Waals surface area contributed by atoms with Gasteiger partial charge in [0.05, 0.1) is 25.4 Å². The predicted octanol–water partition coefficient (Wildman–Crippen LogP) is 19.0. The van der Waals surface area contributed by atoms with Crippen molar-refractivity contribution in [2.45, 2.75) is 346 Å². The molecule has 0 bridgehead atoms. The molecule has 0 aromatic rings. The molecule has 510 valence electrons. The van der Waals surface area contributed by atoms with Crippen molar-refractivity contribution >= 4 is 11.9 Å². The molecule has 1 amide bonds. The van der Waals surface area contributed by atoms with Gasteiger partial charge in [0.1, 0.15) is 24.4 Å². The highest BCUT2D eigenvalue weighted by atomic mass is 16.7. The first-order valence-corrected chi connectivity index (χ1v) is 36.3. The van der Waals surface area contributed by atoms with E-state index in [1.165, 1.54) is 103 Å². The van der Waals surface area contributed by atoms with Crippen LogP contribution >= 0.6 is 0 Å². The van der Waals surface area contributed by atoms with E-state index in [0.29, 0.717) is 12.8 Å². The summed E-state index contributed by atoms with van der Waals surface area (Å²) in [7, 11) is 0. The number of allylic oxidation sites excluding steroid dienone is 19. The zero-order valence-corrected chi connectivity index (χ0v) is 56.8. The van der Waals surface area contributed by atoms with Crippen molar-refractivity contribution in [3.8, 4) is 0 Å². The number of rotatable bonds is 61. The van der Waals surface area contributed by atoms with Crippen LogP contribution in [0.1, 0.15) is 297 Å². The quantitative estimate of drug-likeness (QED) is 0.0195. The standard InChI is InChI=1S/C78H133NO10/c1-4-7-10-13-16-19-22-24-26-28-30-32-34-35-36-37-38-40-42-44-46-48-51-54-57-60-63-66-73(83)89-76-75(85)74(84)72(67-80)88-78(76)87-68-69(70(81)64-61-58-55-52-49-21-18-15-12-9-6-3)79-77(86)71(82)65-62-59-56-53-50-47-45-43-41-39-33-31-29-27-25-23-20-17-14-11-8-5-2/h7,10,16-17,19-20,24-27,30-33,35-36,41,43,61,64,69-72,74-76,78,80-82,84-85H,4-6,8-9,11-15,18,21-23,28-29,34,37-40,42,44-60,62-63,65-68H2,1-3H3,(H,79,86)/b10-7-,19-16-,20-17-,26-24-,27-25-,32-30-,33-31-,36-35-,43-41-,64-61+. The van der Waals surface area contributed by atoms with E-state index in [1.807, 2.05) is 6.08 Å². The summed E-state index contributed by atoms with van der Waals surface area (Å²) in [5, 5.41) is 57.2. The minimum Gasteiger partial charge on any atom is -0.454 e. The lowest BCUT2D eigenvalue weighted by Crippen LogP contribution is -2.61. The maximum absolute atomic E-state index is 13.5. The molecule has 0 aromatic heterocycles. The number of carbonyl (C=O) groups is 2. The van der Waals surface area contributed by atoms with Gasteiger partial charge in [-0.15, -0.1) is 0 Å². The Morgan fingerprint density at radius 2 is 0.809 bits per heavy atom. The summed E-state index contributed by atoms with van der Waals surface area (Å²) in [6.07, 6.45) is 79.5. The van der Waals surface area contributed by atoms with Gasteiger partial charge in [-0.25, -0.2) is 0 Å². The highest BCUT2D eigenvalue weighted by molar-refractivity contribution is 5.80. The highest BCUT2D eigenvalue weighted by Gasteiger charge is 2.47. The van der Waals surface area contributed by atoms with Gasteiger partial charge in [-0.2, -0.15) is 0 Å². The van der Waals surface area contributed by atoms with Gasteiger partial charge in [0.15, 0.2) is 12.4 Å². The summed E-state index contributed by atoms with van der Waals surface area (Å²) in [6, 6.07) is -1.04. The highest BCUT2D eigenvalue weighted by Crippen LogP contribution is 2.26. The molecule has 8 unspecified atom stereocenters. The normalized spacial score (nSPS) is 18.9. The van der Waals surface area contributed by atoms with E-state index >= 15 is 0 Å². The molecule has 1 fully saturated rings. The smallest absolute Gasteiger partial charge is 0.306 e. The van der Waals surface area contributed by atoms with Crippen molar-refractivity contribution in [3.05, 3.63) is 122 Å². The van der Waals surface area contributed by atoms with Gasteiger partial charge in [-0.3, -0.25) is 9.59 Å². The van der Waals surface area contributed by atoms with Crippen molar-refractivity contribution in [2.24, 2.45) is 0 Å². The number of ether oxygens (including phenoxy) is 3. The molecule has 11 heteroatoms. The van der Waals surface area contributed by atoms with Crippen LogP contribution in [0, 0.1) is 0 Å². The Balaban J connectivity index is 2.55. The zero-order valence-electron chi connectivity index (χ0n) is 56.8. The lowest BCUT2D eigenvalue weighted by molar-refractivity contribution is -0.305. The largest absolute Gasteiger partial charge is 0.454 e. The third-order valence-corrected chi connectivity index (χ3v) is 16.3. The van der Waals surface area contributed by atoms with Crippen LogP contribution in [0.3, 0.4) is 0 Å². The molecule has 1 rings (SSSR count). The number of hydrogen-bond acceptors (Lipinski definition) is 10.